The van der Waals surface area contributed by atoms with E-state index in [0.717, 1.165) is 54.2 Å². The molecule has 1 aliphatic rings. The second kappa shape index (κ2) is 11.8. The number of methoxy groups -OCH3 is 1. The van der Waals surface area contributed by atoms with E-state index in [2.05, 4.69) is 36.8 Å². The van der Waals surface area contributed by atoms with E-state index in [1.807, 2.05) is 61.1 Å². The summed E-state index contributed by atoms with van der Waals surface area (Å²) in [5.74, 6) is 4.36. The van der Waals surface area contributed by atoms with Crippen LogP contribution in [0.25, 0.3) is 0 Å². The molecule has 1 unspecified atom stereocenters. The molecule has 2 aromatic heterocycles. The third-order valence-corrected chi connectivity index (χ3v) is 5.68. The molecule has 0 spiro atoms. The smallest absolute Gasteiger partial charge is 0.192 e. The molecule has 176 valence electrons. The molecule has 3 heterocycles. The Kier molecular flexibility index (Phi) is 8.87. The highest BCUT2D eigenvalue weighted by atomic mass is 127. The lowest BCUT2D eigenvalue weighted by Gasteiger charge is -2.20. The SMILES string of the molecule is COc1ccc(CN=C(NCc2nnc(C)n2C)NC2CCN(c3ccccn3)C2)cc1.I. The van der Waals surface area contributed by atoms with Crippen molar-refractivity contribution in [1.29, 1.82) is 0 Å². The fourth-order valence-electron chi connectivity index (χ4n) is 3.64. The Balaban J connectivity index is 0.00000306. The van der Waals surface area contributed by atoms with Gasteiger partial charge in [-0.25, -0.2) is 9.98 Å². The lowest BCUT2D eigenvalue weighted by molar-refractivity contribution is 0.414. The highest BCUT2D eigenvalue weighted by molar-refractivity contribution is 14.0. The first-order valence-corrected chi connectivity index (χ1v) is 10.8. The van der Waals surface area contributed by atoms with E-state index in [1.165, 1.54) is 0 Å². The van der Waals surface area contributed by atoms with E-state index >= 15 is 0 Å². The number of ether oxygens (including phenoxy) is 1. The van der Waals surface area contributed by atoms with Crippen LogP contribution >= 0.6 is 24.0 Å². The standard InChI is InChI=1S/C23H30N8O.HI/c1-17-28-29-22(30(17)2)15-26-23(25-14-18-7-9-20(32-3)10-8-18)27-19-11-13-31(16-19)21-6-4-5-12-24-21;/h4-10,12,19H,11,13-16H2,1-3H3,(H2,25,26,27);1H. The Morgan fingerprint density at radius 1 is 1.18 bits per heavy atom. The van der Waals surface area contributed by atoms with Gasteiger partial charge in [-0.15, -0.1) is 34.2 Å². The maximum Gasteiger partial charge on any atom is 0.192 e. The largest absolute Gasteiger partial charge is 0.497 e. The zero-order chi connectivity index (χ0) is 22.3. The van der Waals surface area contributed by atoms with Crippen LogP contribution in [0, 0.1) is 6.92 Å². The minimum Gasteiger partial charge on any atom is -0.497 e. The molecule has 0 aliphatic carbocycles. The van der Waals surface area contributed by atoms with Gasteiger partial charge in [0.25, 0.3) is 0 Å². The van der Waals surface area contributed by atoms with Crippen molar-refractivity contribution in [2.75, 3.05) is 25.1 Å². The van der Waals surface area contributed by atoms with Crippen LogP contribution in [0.3, 0.4) is 0 Å². The van der Waals surface area contributed by atoms with Gasteiger partial charge < -0.3 is 24.8 Å². The van der Waals surface area contributed by atoms with E-state index in [-0.39, 0.29) is 30.0 Å². The second-order valence-corrected chi connectivity index (χ2v) is 7.85. The van der Waals surface area contributed by atoms with Gasteiger partial charge in [-0.2, -0.15) is 0 Å². The van der Waals surface area contributed by atoms with Gasteiger partial charge in [0, 0.05) is 32.4 Å². The van der Waals surface area contributed by atoms with Crippen molar-refractivity contribution in [1.82, 2.24) is 30.4 Å². The van der Waals surface area contributed by atoms with Crippen LogP contribution in [0.2, 0.25) is 0 Å². The Hall–Kier alpha value is -2.89. The maximum absolute atomic E-state index is 5.25. The van der Waals surface area contributed by atoms with Crippen LogP contribution in [0.15, 0.2) is 53.7 Å². The van der Waals surface area contributed by atoms with E-state index < -0.39 is 0 Å². The average Bonchev–Trinajstić information content (AvgIpc) is 3.43. The normalized spacial score (nSPS) is 15.8. The zero-order valence-corrected chi connectivity index (χ0v) is 21.6. The van der Waals surface area contributed by atoms with Gasteiger partial charge in [-0.3, -0.25) is 0 Å². The van der Waals surface area contributed by atoms with Crippen molar-refractivity contribution in [2.24, 2.45) is 12.0 Å². The molecule has 10 heteroatoms. The van der Waals surface area contributed by atoms with Gasteiger partial charge >= 0.3 is 0 Å². The quantitative estimate of drug-likeness (QED) is 0.260. The summed E-state index contributed by atoms with van der Waals surface area (Å²) in [7, 11) is 3.64. The number of halogens is 1. The van der Waals surface area contributed by atoms with Crippen molar-refractivity contribution >= 4 is 35.8 Å². The van der Waals surface area contributed by atoms with Gasteiger partial charge in [0.15, 0.2) is 11.8 Å². The van der Waals surface area contributed by atoms with Crippen molar-refractivity contribution in [3.63, 3.8) is 0 Å². The number of nitrogens with zero attached hydrogens (tertiary/aromatic N) is 6. The second-order valence-electron chi connectivity index (χ2n) is 7.85. The number of aliphatic imine (C=N–C) groups is 1. The predicted molar refractivity (Wildman–Crippen MR) is 140 cm³/mol. The molecule has 1 aliphatic heterocycles. The van der Waals surface area contributed by atoms with E-state index in [1.54, 1.807) is 7.11 Å². The summed E-state index contributed by atoms with van der Waals surface area (Å²) in [5.41, 5.74) is 1.11. The number of benzene rings is 1. The number of hydrogen-bond donors (Lipinski definition) is 2. The fraction of sp³-hybridized carbons (Fsp3) is 0.391. The van der Waals surface area contributed by atoms with Gasteiger partial charge in [0.1, 0.15) is 17.4 Å². The number of aryl methyl sites for hydroxylation is 1. The van der Waals surface area contributed by atoms with E-state index in [0.29, 0.717) is 13.1 Å². The molecule has 9 nitrogen and oxygen atoms in total. The molecule has 1 aromatic carbocycles. The molecule has 0 bridgehead atoms. The summed E-state index contributed by atoms with van der Waals surface area (Å²) in [6.45, 7) is 4.89. The van der Waals surface area contributed by atoms with Crippen LogP contribution in [0.1, 0.15) is 23.6 Å². The molecule has 1 saturated heterocycles. The van der Waals surface area contributed by atoms with Crippen molar-refractivity contribution in [3.8, 4) is 5.75 Å². The molecule has 3 aromatic rings. The third kappa shape index (κ3) is 6.56. The van der Waals surface area contributed by atoms with Crippen molar-refractivity contribution < 1.29 is 4.74 Å². The molecule has 2 N–H and O–H groups in total. The molecule has 1 atom stereocenters. The van der Waals surface area contributed by atoms with Gasteiger partial charge in [-0.1, -0.05) is 18.2 Å². The molecule has 0 amide bonds. The lowest BCUT2D eigenvalue weighted by atomic mass is 10.2. The molecule has 1 fully saturated rings. The van der Waals surface area contributed by atoms with Crippen LogP contribution < -0.4 is 20.3 Å². The number of guanidine groups is 1. The number of hydrogen-bond acceptors (Lipinski definition) is 6. The molecule has 0 radical (unpaired) electrons. The lowest BCUT2D eigenvalue weighted by Crippen LogP contribution is -2.44. The Morgan fingerprint density at radius 2 is 2.00 bits per heavy atom. The van der Waals surface area contributed by atoms with Crippen LogP contribution in [-0.2, 0) is 20.1 Å². The first kappa shape index (κ1) is 24.7. The van der Waals surface area contributed by atoms with Gasteiger partial charge in [0.05, 0.1) is 20.2 Å². The molecule has 33 heavy (non-hydrogen) atoms. The zero-order valence-electron chi connectivity index (χ0n) is 19.2. The summed E-state index contributed by atoms with van der Waals surface area (Å²) < 4.78 is 7.22. The summed E-state index contributed by atoms with van der Waals surface area (Å²) in [5, 5.41) is 15.4. The topological polar surface area (TPSA) is 92.5 Å². The molecule has 0 saturated carbocycles. The first-order chi connectivity index (χ1) is 15.6. The van der Waals surface area contributed by atoms with Crippen LogP contribution in [0.4, 0.5) is 5.82 Å². The average molecular weight is 562 g/mol. The van der Waals surface area contributed by atoms with Crippen molar-refractivity contribution in [3.05, 3.63) is 65.9 Å². The van der Waals surface area contributed by atoms with Crippen LogP contribution in [-0.4, -0.2) is 51.9 Å². The summed E-state index contributed by atoms with van der Waals surface area (Å²) in [6.07, 6.45) is 2.85. The number of aromatic nitrogens is 4. The number of rotatable bonds is 7. The molecular formula is C23H31IN8O. The molecular weight excluding hydrogens is 531 g/mol. The summed E-state index contributed by atoms with van der Waals surface area (Å²) in [6, 6.07) is 14.3. The minimum atomic E-state index is 0. The van der Waals surface area contributed by atoms with E-state index in [9.17, 15) is 0 Å². The number of pyridine rings is 1. The Labute approximate surface area is 211 Å². The van der Waals surface area contributed by atoms with Gasteiger partial charge in [0.2, 0.25) is 0 Å². The summed E-state index contributed by atoms with van der Waals surface area (Å²) in [4.78, 5) is 11.6. The highest BCUT2D eigenvalue weighted by Crippen LogP contribution is 2.17. The predicted octanol–water partition coefficient (Wildman–Crippen LogP) is 2.66. The van der Waals surface area contributed by atoms with Gasteiger partial charge in [-0.05, 0) is 43.2 Å². The monoisotopic (exact) mass is 562 g/mol. The highest BCUT2D eigenvalue weighted by Gasteiger charge is 2.24. The number of anilines is 1. The number of nitrogens with one attached hydrogen (secondary N) is 2. The van der Waals surface area contributed by atoms with Crippen molar-refractivity contribution in [2.45, 2.75) is 32.5 Å². The van der Waals surface area contributed by atoms with E-state index in [4.69, 9.17) is 9.73 Å². The Bertz CT molecular complexity index is 1040. The third-order valence-electron chi connectivity index (χ3n) is 5.68. The van der Waals surface area contributed by atoms with Crippen LogP contribution in [0.5, 0.6) is 5.75 Å². The summed E-state index contributed by atoms with van der Waals surface area (Å²) >= 11 is 0. The Morgan fingerprint density at radius 3 is 2.67 bits per heavy atom. The maximum atomic E-state index is 5.25. The molecule has 4 rings (SSSR count). The minimum absolute atomic E-state index is 0. The first-order valence-electron chi connectivity index (χ1n) is 10.8. The fourth-order valence-corrected chi connectivity index (χ4v) is 3.64.